The number of amides is 1. The van der Waals surface area contributed by atoms with Gasteiger partial charge >= 0.3 is 0 Å². The molecule has 2 heterocycles. The molecule has 0 spiro atoms. The first-order valence-corrected chi connectivity index (χ1v) is 11.9. The molecular weight excluding hydrogens is 436 g/mol. The van der Waals surface area contributed by atoms with Gasteiger partial charge in [0.2, 0.25) is 0 Å². The van der Waals surface area contributed by atoms with Gasteiger partial charge < -0.3 is 10.1 Å². The lowest BCUT2D eigenvalue weighted by Crippen LogP contribution is -2.40. The van der Waals surface area contributed by atoms with Crippen LogP contribution in [0.5, 0.6) is 5.75 Å². The van der Waals surface area contributed by atoms with Crippen LogP contribution in [0.2, 0.25) is 5.15 Å². The van der Waals surface area contributed by atoms with Crippen LogP contribution in [-0.4, -0.2) is 47.3 Å². The summed E-state index contributed by atoms with van der Waals surface area (Å²) in [6, 6.07) is 18.2. The molecule has 174 valence electrons. The molecule has 1 amide bonds. The van der Waals surface area contributed by atoms with E-state index in [0.29, 0.717) is 29.5 Å². The number of nitrogens with one attached hydrogen (secondary N) is 1. The smallest absolute Gasteiger partial charge is 0.256 e. The number of methoxy groups -OCH3 is 1. The Morgan fingerprint density at radius 1 is 1.09 bits per heavy atom. The number of benzene rings is 2. The number of ether oxygens (including phenoxy) is 1. The zero-order valence-electron chi connectivity index (χ0n) is 19.3. The van der Waals surface area contributed by atoms with Gasteiger partial charge in [0.15, 0.2) is 0 Å². The van der Waals surface area contributed by atoms with Crippen molar-refractivity contribution in [1.82, 2.24) is 20.0 Å². The fourth-order valence-electron chi connectivity index (χ4n) is 4.46. The summed E-state index contributed by atoms with van der Waals surface area (Å²) >= 11 is 6.60. The van der Waals surface area contributed by atoms with E-state index in [-0.39, 0.29) is 11.9 Å². The number of aryl methyl sites for hydroxylation is 1. The number of hydrogen-bond donors (Lipinski definition) is 1. The molecule has 1 unspecified atom stereocenters. The Bertz CT molecular complexity index is 1060. The third-order valence-corrected chi connectivity index (χ3v) is 6.64. The standard InChI is InChI=1S/C26H31ClN4O2/c1-19-24(25(27)31(29-19)18-20-9-5-3-6-10-20)26(32)28-17-23(30-15-7-4-8-16-30)21-11-13-22(33-2)14-12-21/h3,5-6,9-14,23H,4,7-8,15-18H2,1-2H3,(H,28,32). The highest BCUT2D eigenvalue weighted by Gasteiger charge is 2.25. The zero-order valence-corrected chi connectivity index (χ0v) is 20.0. The van der Waals surface area contributed by atoms with Crippen LogP contribution in [0, 0.1) is 6.92 Å². The van der Waals surface area contributed by atoms with Gasteiger partial charge in [0.1, 0.15) is 10.9 Å². The SMILES string of the molecule is COc1ccc(C(CNC(=O)c2c(C)nn(Cc3ccccc3)c2Cl)N2CCCCC2)cc1. The molecule has 1 N–H and O–H groups in total. The van der Waals surface area contributed by atoms with Crippen LogP contribution in [0.4, 0.5) is 0 Å². The van der Waals surface area contributed by atoms with E-state index in [1.54, 1.807) is 11.8 Å². The van der Waals surface area contributed by atoms with Crippen molar-refractivity contribution < 1.29 is 9.53 Å². The maximum Gasteiger partial charge on any atom is 0.256 e. The van der Waals surface area contributed by atoms with Crippen molar-refractivity contribution in [2.75, 3.05) is 26.7 Å². The summed E-state index contributed by atoms with van der Waals surface area (Å²) in [7, 11) is 1.67. The van der Waals surface area contributed by atoms with Crippen molar-refractivity contribution in [3.05, 3.63) is 82.1 Å². The monoisotopic (exact) mass is 466 g/mol. The number of rotatable bonds is 8. The predicted molar refractivity (Wildman–Crippen MR) is 131 cm³/mol. The summed E-state index contributed by atoms with van der Waals surface area (Å²) in [5.74, 6) is 0.640. The van der Waals surface area contributed by atoms with E-state index >= 15 is 0 Å². The molecule has 6 nitrogen and oxygen atoms in total. The average Bonchev–Trinajstić information content (AvgIpc) is 3.13. The third kappa shape index (κ3) is 5.57. The minimum atomic E-state index is -0.188. The molecule has 0 bridgehead atoms. The molecule has 0 aliphatic carbocycles. The second kappa shape index (κ2) is 10.9. The van der Waals surface area contributed by atoms with Crippen molar-refractivity contribution in [2.45, 2.75) is 38.8 Å². The van der Waals surface area contributed by atoms with Crippen LogP contribution >= 0.6 is 11.6 Å². The molecule has 1 aliphatic rings. The maximum atomic E-state index is 13.2. The Kier molecular flexibility index (Phi) is 7.68. The molecule has 1 atom stereocenters. The first-order chi connectivity index (χ1) is 16.1. The van der Waals surface area contributed by atoms with Gasteiger partial charge in [-0.05, 0) is 56.1 Å². The molecule has 1 fully saturated rings. The quantitative estimate of drug-likeness (QED) is 0.515. The number of halogens is 1. The fraction of sp³-hybridized carbons (Fsp3) is 0.385. The van der Waals surface area contributed by atoms with Crippen LogP contribution in [0.15, 0.2) is 54.6 Å². The number of hydrogen-bond acceptors (Lipinski definition) is 4. The molecule has 4 rings (SSSR count). The van der Waals surface area contributed by atoms with Crippen LogP contribution in [-0.2, 0) is 6.54 Å². The number of piperidine rings is 1. The van der Waals surface area contributed by atoms with E-state index in [2.05, 4.69) is 27.4 Å². The Balaban J connectivity index is 1.50. The van der Waals surface area contributed by atoms with Crippen molar-refractivity contribution in [3.8, 4) is 5.75 Å². The third-order valence-electron chi connectivity index (χ3n) is 6.26. The lowest BCUT2D eigenvalue weighted by atomic mass is 10.0. The number of aromatic nitrogens is 2. The second-order valence-electron chi connectivity index (χ2n) is 8.49. The topological polar surface area (TPSA) is 59.4 Å². The molecule has 3 aromatic rings. The highest BCUT2D eigenvalue weighted by Crippen LogP contribution is 2.27. The van der Waals surface area contributed by atoms with E-state index < -0.39 is 0 Å². The summed E-state index contributed by atoms with van der Waals surface area (Å²) in [4.78, 5) is 15.6. The van der Waals surface area contributed by atoms with Gasteiger partial charge in [-0.3, -0.25) is 9.69 Å². The summed E-state index contributed by atoms with van der Waals surface area (Å²) in [5, 5.41) is 8.02. The molecule has 7 heteroatoms. The minimum absolute atomic E-state index is 0.0959. The van der Waals surface area contributed by atoms with E-state index in [1.807, 2.05) is 49.4 Å². The molecule has 1 aliphatic heterocycles. The predicted octanol–water partition coefficient (Wildman–Crippen LogP) is 4.86. The zero-order chi connectivity index (χ0) is 23.2. The van der Waals surface area contributed by atoms with E-state index in [9.17, 15) is 4.79 Å². The Hall–Kier alpha value is -2.83. The van der Waals surface area contributed by atoms with Crippen molar-refractivity contribution in [2.24, 2.45) is 0 Å². The fourth-order valence-corrected chi connectivity index (χ4v) is 4.78. The molecule has 0 radical (unpaired) electrons. The molecule has 2 aromatic carbocycles. The largest absolute Gasteiger partial charge is 0.497 e. The summed E-state index contributed by atoms with van der Waals surface area (Å²) < 4.78 is 7.00. The lowest BCUT2D eigenvalue weighted by Gasteiger charge is -2.35. The van der Waals surface area contributed by atoms with Gasteiger partial charge in [-0.15, -0.1) is 0 Å². The molecule has 0 saturated carbocycles. The normalized spacial score (nSPS) is 15.2. The maximum absolute atomic E-state index is 13.2. The van der Waals surface area contributed by atoms with Crippen LogP contribution in [0.3, 0.4) is 0 Å². The summed E-state index contributed by atoms with van der Waals surface area (Å²) in [6.07, 6.45) is 3.61. The minimum Gasteiger partial charge on any atom is -0.497 e. The second-order valence-corrected chi connectivity index (χ2v) is 8.85. The number of carbonyl (C=O) groups is 1. The molecule has 1 saturated heterocycles. The Morgan fingerprint density at radius 3 is 2.45 bits per heavy atom. The van der Waals surface area contributed by atoms with Gasteiger partial charge in [0.25, 0.3) is 5.91 Å². The Labute approximate surface area is 200 Å². The van der Waals surface area contributed by atoms with Gasteiger partial charge in [-0.2, -0.15) is 5.10 Å². The number of nitrogens with zero attached hydrogens (tertiary/aromatic N) is 3. The molecule has 33 heavy (non-hydrogen) atoms. The first-order valence-electron chi connectivity index (χ1n) is 11.5. The number of carbonyl (C=O) groups excluding carboxylic acids is 1. The van der Waals surface area contributed by atoms with Crippen molar-refractivity contribution in [3.63, 3.8) is 0 Å². The average molecular weight is 467 g/mol. The Morgan fingerprint density at radius 2 is 1.79 bits per heavy atom. The van der Waals surface area contributed by atoms with Gasteiger partial charge in [-0.1, -0.05) is 60.5 Å². The van der Waals surface area contributed by atoms with E-state index in [0.717, 1.165) is 24.4 Å². The van der Waals surface area contributed by atoms with Gasteiger partial charge in [0.05, 0.1) is 31.0 Å². The van der Waals surface area contributed by atoms with Gasteiger partial charge in [-0.25, -0.2) is 4.68 Å². The van der Waals surface area contributed by atoms with Crippen molar-refractivity contribution in [1.29, 1.82) is 0 Å². The highest BCUT2D eigenvalue weighted by molar-refractivity contribution is 6.33. The number of likely N-dealkylation sites (tertiary alicyclic amines) is 1. The van der Waals surface area contributed by atoms with E-state index in [1.165, 1.54) is 24.8 Å². The van der Waals surface area contributed by atoms with Gasteiger partial charge in [0, 0.05) is 6.54 Å². The molecule has 1 aromatic heterocycles. The first kappa shape index (κ1) is 23.3. The van der Waals surface area contributed by atoms with Crippen LogP contribution in [0.25, 0.3) is 0 Å². The van der Waals surface area contributed by atoms with Crippen molar-refractivity contribution >= 4 is 17.5 Å². The van der Waals surface area contributed by atoms with Crippen LogP contribution < -0.4 is 10.1 Å². The summed E-state index contributed by atoms with van der Waals surface area (Å²) in [6.45, 7) is 4.91. The highest BCUT2D eigenvalue weighted by atomic mass is 35.5. The van der Waals surface area contributed by atoms with Crippen LogP contribution in [0.1, 0.15) is 52.5 Å². The lowest BCUT2D eigenvalue weighted by molar-refractivity contribution is 0.0924. The van der Waals surface area contributed by atoms with E-state index in [4.69, 9.17) is 16.3 Å². The molecular formula is C26H31ClN4O2. The summed E-state index contributed by atoms with van der Waals surface area (Å²) in [5.41, 5.74) is 3.33.